The van der Waals surface area contributed by atoms with E-state index < -0.39 is 17.3 Å². The second kappa shape index (κ2) is 5.23. The minimum Gasteiger partial charge on any atom is -0.464 e. The minimum absolute atomic E-state index is 0.273. The van der Waals surface area contributed by atoms with Crippen LogP contribution < -0.4 is 0 Å². The average Bonchev–Trinajstić information content (AvgIpc) is 2.39. The Hall–Kier alpha value is -1.91. The fourth-order valence-corrected chi connectivity index (χ4v) is 2.35. The summed E-state index contributed by atoms with van der Waals surface area (Å²) in [6.45, 7) is 5.90. The summed E-state index contributed by atoms with van der Waals surface area (Å²) in [7, 11) is 0. The summed E-state index contributed by atoms with van der Waals surface area (Å²) in [5, 5.41) is 0. The highest BCUT2D eigenvalue weighted by Gasteiger charge is 2.51. The van der Waals surface area contributed by atoms with Gasteiger partial charge in [0.25, 0.3) is 5.91 Å². The number of aryl methyl sites for hydroxylation is 1. The number of hydrogen-bond acceptors (Lipinski definition) is 3. The fourth-order valence-electron chi connectivity index (χ4n) is 2.35. The van der Waals surface area contributed by atoms with Crippen LogP contribution >= 0.6 is 0 Å². The molecule has 1 saturated heterocycles. The maximum atomic E-state index is 13.3. The molecule has 4 nitrogen and oxygen atoms in total. The predicted molar refractivity (Wildman–Crippen MR) is 71.8 cm³/mol. The SMILES string of the molecule is CCOC(=O)C1(C)CCN1C(=O)c1cc(F)ccc1C. The first-order chi connectivity index (χ1) is 9.40. The minimum atomic E-state index is -0.939. The molecular weight excluding hydrogens is 261 g/mol. The predicted octanol–water partition coefficient (Wildman–Crippen LogP) is 2.30. The zero-order chi connectivity index (χ0) is 14.9. The monoisotopic (exact) mass is 279 g/mol. The molecule has 1 fully saturated rings. The molecule has 1 atom stereocenters. The van der Waals surface area contributed by atoms with Crippen molar-refractivity contribution in [2.75, 3.05) is 13.2 Å². The van der Waals surface area contributed by atoms with E-state index >= 15 is 0 Å². The summed E-state index contributed by atoms with van der Waals surface area (Å²) >= 11 is 0. The van der Waals surface area contributed by atoms with Crippen LogP contribution in [0.3, 0.4) is 0 Å². The lowest BCUT2D eigenvalue weighted by Crippen LogP contribution is -2.65. The van der Waals surface area contributed by atoms with Crippen molar-refractivity contribution in [3.8, 4) is 0 Å². The maximum Gasteiger partial charge on any atom is 0.331 e. The number of amides is 1. The third-order valence-electron chi connectivity index (χ3n) is 3.81. The normalized spacial score (nSPS) is 21.3. The number of hydrogen-bond donors (Lipinski definition) is 0. The molecule has 1 heterocycles. The van der Waals surface area contributed by atoms with Gasteiger partial charge in [0.05, 0.1) is 6.61 Å². The second-order valence-corrected chi connectivity index (χ2v) is 5.16. The van der Waals surface area contributed by atoms with Gasteiger partial charge in [-0.2, -0.15) is 0 Å². The molecule has 0 bridgehead atoms. The molecule has 1 aromatic rings. The van der Waals surface area contributed by atoms with Gasteiger partial charge in [0.15, 0.2) is 0 Å². The van der Waals surface area contributed by atoms with Crippen molar-refractivity contribution < 1.29 is 18.7 Å². The summed E-state index contributed by atoms with van der Waals surface area (Å²) < 4.78 is 18.3. The van der Waals surface area contributed by atoms with Crippen LogP contribution in [0.4, 0.5) is 4.39 Å². The molecule has 0 aliphatic carbocycles. The number of ether oxygens (including phenoxy) is 1. The number of rotatable bonds is 3. The Morgan fingerprint density at radius 3 is 2.70 bits per heavy atom. The smallest absolute Gasteiger partial charge is 0.331 e. The number of carbonyl (C=O) groups excluding carboxylic acids is 2. The first kappa shape index (κ1) is 14.5. The molecule has 0 aromatic heterocycles. The van der Waals surface area contributed by atoms with Gasteiger partial charge in [-0.05, 0) is 44.9 Å². The lowest BCUT2D eigenvalue weighted by molar-refractivity contribution is -0.162. The van der Waals surface area contributed by atoms with Crippen molar-refractivity contribution in [1.29, 1.82) is 0 Å². The molecule has 0 N–H and O–H groups in total. The lowest BCUT2D eigenvalue weighted by Gasteiger charge is -2.48. The van der Waals surface area contributed by atoms with Gasteiger partial charge in [-0.15, -0.1) is 0 Å². The third-order valence-corrected chi connectivity index (χ3v) is 3.81. The van der Waals surface area contributed by atoms with Crippen LogP contribution in [0.5, 0.6) is 0 Å². The van der Waals surface area contributed by atoms with E-state index in [1.54, 1.807) is 26.8 Å². The standard InChI is InChI=1S/C15H18FNO3/c1-4-20-14(19)15(3)7-8-17(15)13(18)12-9-11(16)6-5-10(12)2/h5-6,9H,4,7-8H2,1-3H3. The Bertz CT molecular complexity index is 558. The Balaban J connectivity index is 2.26. The van der Waals surface area contributed by atoms with Gasteiger partial charge >= 0.3 is 5.97 Å². The molecule has 108 valence electrons. The van der Waals surface area contributed by atoms with Gasteiger partial charge in [-0.25, -0.2) is 9.18 Å². The van der Waals surface area contributed by atoms with Crippen molar-refractivity contribution in [2.45, 2.75) is 32.7 Å². The Morgan fingerprint density at radius 2 is 2.15 bits per heavy atom. The summed E-state index contributed by atoms with van der Waals surface area (Å²) in [5.41, 5.74) is 0.0426. The van der Waals surface area contributed by atoms with E-state index in [0.29, 0.717) is 24.1 Å². The van der Waals surface area contributed by atoms with Crippen LogP contribution in [0.2, 0.25) is 0 Å². The second-order valence-electron chi connectivity index (χ2n) is 5.16. The van der Waals surface area contributed by atoms with Crippen LogP contribution in [-0.2, 0) is 9.53 Å². The van der Waals surface area contributed by atoms with Crippen LogP contribution in [0, 0.1) is 12.7 Å². The highest BCUT2D eigenvalue weighted by atomic mass is 19.1. The number of esters is 1. The van der Waals surface area contributed by atoms with Gasteiger partial charge in [-0.1, -0.05) is 6.07 Å². The van der Waals surface area contributed by atoms with E-state index in [-0.39, 0.29) is 12.5 Å². The van der Waals surface area contributed by atoms with Gasteiger partial charge in [0.1, 0.15) is 11.4 Å². The molecule has 5 heteroatoms. The molecule has 1 amide bonds. The van der Waals surface area contributed by atoms with Crippen molar-refractivity contribution >= 4 is 11.9 Å². The molecule has 1 aromatic carbocycles. The molecular formula is C15H18FNO3. The van der Waals surface area contributed by atoms with E-state index in [0.717, 1.165) is 0 Å². The molecule has 1 aliphatic heterocycles. The van der Waals surface area contributed by atoms with Crippen LogP contribution in [-0.4, -0.2) is 35.5 Å². The van der Waals surface area contributed by atoms with Crippen LogP contribution in [0.25, 0.3) is 0 Å². The molecule has 0 saturated carbocycles. The zero-order valence-electron chi connectivity index (χ0n) is 11.9. The number of nitrogens with zero attached hydrogens (tertiary/aromatic N) is 1. The van der Waals surface area contributed by atoms with Crippen molar-refractivity contribution in [3.63, 3.8) is 0 Å². The van der Waals surface area contributed by atoms with Gasteiger partial charge in [0.2, 0.25) is 0 Å². The summed E-state index contributed by atoms with van der Waals surface area (Å²) in [6, 6.07) is 4.08. The van der Waals surface area contributed by atoms with E-state index in [2.05, 4.69) is 0 Å². The quantitative estimate of drug-likeness (QED) is 0.798. The summed E-state index contributed by atoms with van der Waals surface area (Å²) in [4.78, 5) is 25.9. The third kappa shape index (κ3) is 2.28. The first-order valence-corrected chi connectivity index (χ1v) is 6.65. The molecule has 1 aliphatic rings. The van der Waals surface area contributed by atoms with E-state index in [1.807, 2.05) is 0 Å². The summed E-state index contributed by atoms with van der Waals surface area (Å²) in [5.74, 6) is -1.20. The molecule has 0 radical (unpaired) electrons. The highest BCUT2D eigenvalue weighted by molar-refractivity contribution is 6.00. The number of carbonyl (C=O) groups is 2. The number of halogens is 1. The van der Waals surface area contributed by atoms with E-state index in [1.165, 1.54) is 17.0 Å². The largest absolute Gasteiger partial charge is 0.464 e. The number of benzene rings is 1. The average molecular weight is 279 g/mol. The van der Waals surface area contributed by atoms with Crippen molar-refractivity contribution in [2.24, 2.45) is 0 Å². The topological polar surface area (TPSA) is 46.6 Å². The van der Waals surface area contributed by atoms with Crippen molar-refractivity contribution in [3.05, 3.63) is 35.1 Å². The van der Waals surface area contributed by atoms with Crippen molar-refractivity contribution in [1.82, 2.24) is 4.90 Å². The molecule has 20 heavy (non-hydrogen) atoms. The zero-order valence-corrected chi connectivity index (χ0v) is 11.9. The van der Waals surface area contributed by atoms with E-state index in [4.69, 9.17) is 4.74 Å². The Kier molecular flexibility index (Phi) is 3.79. The molecule has 1 unspecified atom stereocenters. The Labute approximate surface area is 117 Å². The molecule has 2 rings (SSSR count). The Morgan fingerprint density at radius 1 is 1.45 bits per heavy atom. The number of likely N-dealkylation sites (tertiary alicyclic amines) is 1. The first-order valence-electron chi connectivity index (χ1n) is 6.65. The highest BCUT2D eigenvalue weighted by Crippen LogP contribution is 2.33. The van der Waals surface area contributed by atoms with Gasteiger partial charge in [0, 0.05) is 12.1 Å². The van der Waals surface area contributed by atoms with Crippen LogP contribution in [0.1, 0.15) is 36.2 Å². The van der Waals surface area contributed by atoms with E-state index in [9.17, 15) is 14.0 Å². The lowest BCUT2D eigenvalue weighted by atomic mass is 9.85. The van der Waals surface area contributed by atoms with Gasteiger partial charge < -0.3 is 9.64 Å². The van der Waals surface area contributed by atoms with Gasteiger partial charge in [-0.3, -0.25) is 4.79 Å². The molecule has 0 spiro atoms. The fraction of sp³-hybridized carbons (Fsp3) is 0.467. The summed E-state index contributed by atoms with van der Waals surface area (Å²) in [6.07, 6.45) is 0.561. The maximum absolute atomic E-state index is 13.3. The van der Waals surface area contributed by atoms with Crippen LogP contribution in [0.15, 0.2) is 18.2 Å².